The monoisotopic (exact) mass is 553 g/mol. The molecule has 4 atom stereocenters. The molecular formula is C32H27NO8. The fraction of sp³-hybridized carbons (Fsp3) is 0.281. The molecule has 0 spiro atoms. The topological polar surface area (TPSA) is 138 Å². The minimum Gasteiger partial charge on any atom is -0.504 e. The summed E-state index contributed by atoms with van der Waals surface area (Å²) in [6.45, 7) is 3.67. The van der Waals surface area contributed by atoms with E-state index in [4.69, 9.17) is 4.74 Å². The molecule has 0 saturated carbocycles. The number of Topliss-reactive ketones (excluding diaryl/α,β-unsaturated/α-hetero) is 1. The first-order chi connectivity index (χ1) is 19.6. The van der Waals surface area contributed by atoms with Crippen LogP contribution in [0.15, 0.2) is 76.9 Å². The molecule has 4 unspecified atom stereocenters. The van der Waals surface area contributed by atoms with Crippen LogP contribution in [0.5, 0.6) is 11.5 Å². The van der Waals surface area contributed by atoms with Gasteiger partial charge in [-0.15, -0.1) is 0 Å². The third kappa shape index (κ3) is 3.95. The van der Waals surface area contributed by atoms with Crippen molar-refractivity contribution in [3.63, 3.8) is 0 Å². The van der Waals surface area contributed by atoms with Crippen LogP contribution in [-0.2, 0) is 19.2 Å². The van der Waals surface area contributed by atoms with Gasteiger partial charge in [0, 0.05) is 28.2 Å². The Hall–Kier alpha value is -4.79. The van der Waals surface area contributed by atoms with Crippen LogP contribution in [0.4, 0.5) is 5.69 Å². The Balaban J connectivity index is 1.49. The van der Waals surface area contributed by atoms with Crippen molar-refractivity contribution in [1.29, 1.82) is 0 Å². The lowest BCUT2D eigenvalue weighted by Gasteiger charge is -2.42. The molecule has 0 radical (unpaired) electrons. The first kappa shape index (κ1) is 26.4. The van der Waals surface area contributed by atoms with Crippen molar-refractivity contribution in [1.82, 2.24) is 0 Å². The molecule has 6 rings (SSSR count). The summed E-state index contributed by atoms with van der Waals surface area (Å²) >= 11 is 0. The van der Waals surface area contributed by atoms with Gasteiger partial charge in [0.15, 0.2) is 23.1 Å². The van der Waals surface area contributed by atoms with Crippen LogP contribution in [0.2, 0.25) is 0 Å². The highest BCUT2D eigenvalue weighted by molar-refractivity contribution is 6.25. The van der Waals surface area contributed by atoms with E-state index in [0.29, 0.717) is 23.3 Å². The average molecular weight is 554 g/mol. The second kappa shape index (κ2) is 9.69. The Bertz CT molecular complexity index is 1660. The van der Waals surface area contributed by atoms with Gasteiger partial charge in [-0.05, 0) is 62.9 Å². The SMILES string of the molecule is CCOc1cccc(C2C3=CCC4C(=O)N(c5cccc(C(=O)O)c5)C(=O)C4C3CC3=C2C(=O)C(C)=CC3=O)c1O. The summed E-state index contributed by atoms with van der Waals surface area (Å²) < 4.78 is 5.60. The molecule has 0 aromatic heterocycles. The number of rotatable bonds is 5. The normalized spacial score (nSPS) is 25.4. The lowest BCUT2D eigenvalue weighted by molar-refractivity contribution is -0.123. The number of carbonyl (C=O) groups excluding carboxylic acids is 4. The van der Waals surface area contributed by atoms with Crippen molar-refractivity contribution in [2.75, 3.05) is 11.5 Å². The highest BCUT2D eigenvalue weighted by Crippen LogP contribution is 2.57. The fourth-order valence-electron chi connectivity index (χ4n) is 6.79. The number of amides is 2. The number of aromatic hydroxyl groups is 1. The summed E-state index contributed by atoms with van der Waals surface area (Å²) in [5.74, 6) is -5.54. The Morgan fingerprint density at radius 2 is 1.80 bits per heavy atom. The summed E-state index contributed by atoms with van der Waals surface area (Å²) in [6, 6.07) is 10.7. The molecule has 1 heterocycles. The van der Waals surface area contributed by atoms with Crippen molar-refractivity contribution in [3.8, 4) is 11.5 Å². The maximum atomic E-state index is 14.0. The van der Waals surface area contributed by atoms with E-state index >= 15 is 0 Å². The largest absolute Gasteiger partial charge is 0.504 e. The predicted octanol–water partition coefficient (Wildman–Crippen LogP) is 4.12. The number of benzene rings is 2. The number of phenolic OH excluding ortho intramolecular Hbond substituents is 1. The molecule has 2 aromatic rings. The first-order valence-corrected chi connectivity index (χ1v) is 13.5. The average Bonchev–Trinajstić information content (AvgIpc) is 3.21. The van der Waals surface area contributed by atoms with Gasteiger partial charge in [-0.3, -0.25) is 24.1 Å². The Labute approximate surface area is 235 Å². The number of ether oxygens (including phenoxy) is 1. The second-order valence-electron chi connectivity index (χ2n) is 10.7. The molecule has 1 aliphatic heterocycles. The summed E-state index contributed by atoms with van der Waals surface area (Å²) in [7, 11) is 0. The Kier molecular flexibility index (Phi) is 6.25. The number of anilines is 1. The van der Waals surface area contributed by atoms with Crippen molar-refractivity contribution >= 4 is 35.0 Å². The predicted molar refractivity (Wildman–Crippen MR) is 146 cm³/mol. The van der Waals surface area contributed by atoms with Crippen molar-refractivity contribution in [3.05, 3.63) is 88.0 Å². The molecular weight excluding hydrogens is 526 g/mol. The number of allylic oxidation sites excluding steroid dienone is 6. The second-order valence-corrected chi connectivity index (χ2v) is 10.7. The smallest absolute Gasteiger partial charge is 0.335 e. The van der Waals surface area contributed by atoms with Crippen LogP contribution in [0.1, 0.15) is 48.5 Å². The number of fused-ring (bicyclic) bond motifs is 3. The minimum absolute atomic E-state index is 0.0533. The number of hydrogen-bond acceptors (Lipinski definition) is 7. The Morgan fingerprint density at radius 3 is 2.54 bits per heavy atom. The van der Waals surface area contributed by atoms with Gasteiger partial charge < -0.3 is 14.9 Å². The summed E-state index contributed by atoms with van der Waals surface area (Å²) in [4.78, 5) is 67.0. The minimum atomic E-state index is -1.18. The number of hydrogen-bond donors (Lipinski definition) is 2. The van der Waals surface area contributed by atoms with Gasteiger partial charge in [0.1, 0.15) is 0 Å². The van der Waals surface area contributed by atoms with E-state index in [2.05, 4.69) is 0 Å². The van der Waals surface area contributed by atoms with E-state index in [1.807, 2.05) is 6.08 Å². The molecule has 2 amide bonds. The number of aromatic carboxylic acids is 1. The van der Waals surface area contributed by atoms with Crippen LogP contribution >= 0.6 is 0 Å². The van der Waals surface area contributed by atoms with Crippen molar-refractivity contribution in [2.24, 2.45) is 17.8 Å². The standard InChI is InChI=1S/C32H27NO8/c1-3-41-24-9-5-8-19(29(24)36)25-18-10-11-20-26(21(18)14-22-23(34)12-15(2)28(35)27(22)25)31(38)33(30(20)37)17-7-4-6-16(13-17)32(39)40/h4-10,12-13,20-21,25-26,36H,3,11,14H2,1-2H3,(H,39,40). The Morgan fingerprint density at radius 1 is 1.05 bits per heavy atom. The summed E-state index contributed by atoms with van der Waals surface area (Å²) in [5.41, 5.74) is 2.06. The fourth-order valence-corrected chi connectivity index (χ4v) is 6.79. The van der Waals surface area contributed by atoms with E-state index in [1.54, 1.807) is 32.0 Å². The van der Waals surface area contributed by atoms with E-state index in [1.165, 1.54) is 30.3 Å². The number of carboxylic acid groups (broad SMARTS) is 1. The van der Waals surface area contributed by atoms with Gasteiger partial charge in [0.05, 0.1) is 29.7 Å². The van der Waals surface area contributed by atoms with Crippen molar-refractivity contribution in [2.45, 2.75) is 32.6 Å². The van der Waals surface area contributed by atoms with Gasteiger partial charge in [-0.25, -0.2) is 4.79 Å². The summed E-state index contributed by atoms with van der Waals surface area (Å²) in [6.07, 6.45) is 3.48. The van der Waals surface area contributed by atoms with Crippen LogP contribution in [-0.4, -0.2) is 46.2 Å². The highest BCUT2D eigenvalue weighted by Gasteiger charge is 2.57. The molecule has 9 nitrogen and oxygen atoms in total. The maximum Gasteiger partial charge on any atom is 0.335 e. The number of nitrogens with zero attached hydrogens (tertiary/aromatic N) is 1. The molecule has 9 heteroatoms. The van der Waals surface area contributed by atoms with Gasteiger partial charge in [0.2, 0.25) is 11.8 Å². The van der Waals surface area contributed by atoms with Gasteiger partial charge in [-0.2, -0.15) is 0 Å². The molecule has 1 fully saturated rings. The molecule has 2 N–H and O–H groups in total. The van der Waals surface area contributed by atoms with Crippen LogP contribution in [0.25, 0.3) is 0 Å². The van der Waals surface area contributed by atoms with Gasteiger partial charge >= 0.3 is 5.97 Å². The molecule has 41 heavy (non-hydrogen) atoms. The zero-order valence-corrected chi connectivity index (χ0v) is 22.4. The third-order valence-corrected chi connectivity index (χ3v) is 8.56. The highest BCUT2D eigenvalue weighted by atomic mass is 16.5. The maximum absolute atomic E-state index is 14.0. The molecule has 4 aliphatic rings. The zero-order valence-electron chi connectivity index (χ0n) is 22.4. The number of ketones is 2. The molecule has 3 aliphatic carbocycles. The zero-order chi connectivity index (χ0) is 29.2. The third-order valence-electron chi connectivity index (χ3n) is 8.56. The number of carboxylic acids is 1. The first-order valence-electron chi connectivity index (χ1n) is 13.5. The molecule has 0 bridgehead atoms. The number of carbonyl (C=O) groups is 5. The lowest BCUT2D eigenvalue weighted by Crippen LogP contribution is -2.39. The van der Waals surface area contributed by atoms with Crippen LogP contribution < -0.4 is 9.64 Å². The number of imide groups is 1. The number of phenols is 1. The van der Waals surface area contributed by atoms with Crippen LogP contribution in [0, 0.1) is 17.8 Å². The lowest BCUT2D eigenvalue weighted by atomic mass is 9.59. The van der Waals surface area contributed by atoms with Gasteiger partial charge in [-0.1, -0.05) is 29.8 Å². The number of para-hydroxylation sites is 1. The van der Waals surface area contributed by atoms with E-state index in [-0.39, 0.29) is 58.3 Å². The van der Waals surface area contributed by atoms with E-state index < -0.39 is 41.5 Å². The van der Waals surface area contributed by atoms with Gasteiger partial charge in [0.25, 0.3) is 0 Å². The van der Waals surface area contributed by atoms with E-state index in [9.17, 15) is 34.2 Å². The quantitative estimate of drug-likeness (QED) is 0.320. The molecule has 2 aromatic carbocycles. The molecule has 1 saturated heterocycles. The molecule has 208 valence electrons. The summed E-state index contributed by atoms with van der Waals surface area (Å²) in [5, 5.41) is 20.7. The van der Waals surface area contributed by atoms with Crippen molar-refractivity contribution < 1.29 is 38.9 Å². The van der Waals surface area contributed by atoms with E-state index in [0.717, 1.165) is 4.90 Å². The van der Waals surface area contributed by atoms with Crippen LogP contribution in [0.3, 0.4) is 0 Å².